The maximum Gasteiger partial charge on any atom is 0.282 e. The Bertz CT molecular complexity index is 757. The van der Waals surface area contributed by atoms with E-state index in [-0.39, 0.29) is 11.8 Å². The monoisotopic (exact) mass is 418 g/mol. The van der Waals surface area contributed by atoms with Crippen LogP contribution in [0.25, 0.3) is 0 Å². The average Bonchev–Trinajstić information content (AvgIpc) is 2.80. The van der Waals surface area contributed by atoms with Gasteiger partial charge >= 0.3 is 0 Å². The van der Waals surface area contributed by atoms with Gasteiger partial charge in [-0.2, -0.15) is 0 Å². The molecule has 0 aromatic heterocycles. The Hall–Kier alpha value is -2.15. The van der Waals surface area contributed by atoms with E-state index in [1.807, 2.05) is 71.1 Å². The third-order valence-corrected chi connectivity index (χ3v) is 4.60. The lowest BCUT2D eigenvalue weighted by atomic mass is 10.1. The lowest BCUT2D eigenvalue weighted by Gasteiger charge is -2.14. The van der Waals surface area contributed by atoms with E-state index in [1.165, 1.54) is 10.5 Å². The van der Waals surface area contributed by atoms with Crippen molar-refractivity contribution in [3.05, 3.63) is 75.5 Å². The van der Waals surface area contributed by atoms with Gasteiger partial charge < -0.3 is 5.32 Å². The molecule has 0 unspecified atom stereocenters. The van der Waals surface area contributed by atoms with Crippen LogP contribution in [0.5, 0.6) is 0 Å². The largest absolute Gasteiger partial charge is 0.379 e. The molecule has 0 spiro atoms. The Kier molecular flexibility index (Phi) is 4.76. The van der Waals surface area contributed by atoms with Crippen molar-refractivity contribution in [2.45, 2.75) is 6.42 Å². The van der Waals surface area contributed by atoms with Gasteiger partial charge in [0.25, 0.3) is 11.8 Å². The second-order valence-electron chi connectivity index (χ2n) is 5.13. The molecular weight excluding hydrogens is 403 g/mol. The molecule has 1 aliphatic heterocycles. The quantitative estimate of drug-likeness (QED) is 0.600. The van der Waals surface area contributed by atoms with E-state index in [0.717, 1.165) is 6.42 Å². The number of carbonyl (C=O) groups excluding carboxylic acids is 2. The zero-order valence-corrected chi connectivity index (χ0v) is 14.5. The van der Waals surface area contributed by atoms with Gasteiger partial charge in [-0.05, 0) is 46.7 Å². The minimum Gasteiger partial charge on any atom is -0.379 e. The first kappa shape index (κ1) is 15.7. The topological polar surface area (TPSA) is 49.4 Å². The van der Waals surface area contributed by atoms with Gasteiger partial charge in [-0.1, -0.05) is 48.5 Å². The molecule has 0 atom stereocenters. The number of nitrogens with one attached hydrogen (secondary N) is 1. The molecule has 0 aliphatic carbocycles. The molecule has 116 valence electrons. The van der Waals surface area contributed by atoms with E-state index < -0.39 is 0 Å². The van der Waals surface area contributed by atoms with Crippen molar-refractivity contribution in [1.82, 2.24) is 5.32 Å². The standard InChI is InChI=1S/C18H15IN2O2/c19-15-16(20-12-11-13-7-3-1-4-8-13)18(23)21(17(15)22)14-9-5-2-6-10-14/h1-10,20H,11-12H2. The van der Waals surface area contributed by atoms with E-state index >= 15 is 0 Å². The highest BCUT2D eigenvalue weighted by atomic mass is 127. The molecule has 0 radical (unpaired) electrons. The van der Waals surface area contributed by atoms with Crippen LogP contribution in [0.4, 0.5) is 5.69 Å². The Morgan fingerprint density at radius 2 is 1.48 bits per heavy atom. The van der Waals surface area contributed by atoms with Gasteiger partial charge in [0.2, 0.25) is 0 Å². The summed E-state index contributed by atoms with van der Waals surface area (Å²) in [6.45, 7) is 0.605. The van der Waals surface area contributed by atoms with Crippen LogP contribution in [0.2, 0.25) is 0 Å². The first-order valence-corrected chi connectivity index (χ1v) is 8.38. The van der Waals surface area contributed by atoms with Crippen LogP contribution in [0.1, 0.15) is 5.56 Å². The van der Waals surface area contributed by atoms with Gasteiger partial charge in [-0.3, -0.25) is 9.59 Å². The van der Waals surface area contributed by atoms with E-state index in [0.29, 0.717) is 21.5 Å². The van der Waals surface area contributed by atoms with Crippen molar-refractivity contribution >= 4 is 40.1 Å². The molecule has 4 nitrogen and oxygen atoms in total. The molecule has 0 saturated carbocycles. The molecular formula is C18H15IN2O2. The first-order chi connectivity index (χ1) is 11.2. The van der Waals surface area contributed by atoms with Crippen LogP contribution in [-0.2, 0) is 16.0 Å². The molecule has 2 aromatic rings. The third kappa shape index (κ3) is 3.29. The predicted octanol–water partition coefficient (Wildman–Crippen LogP) is 3.04. The summed E-state index contributed by atoms with van der Waals surface area (Å²) in [7, 11) is 0. The summed E-state index contributed by atoms with van der Waals surface area (Å²) in [5, 5.41) is 3.12. The van der Waals surface area contributed by atoms with Crippen molar-refractivity contribution in [3.63, 3.8) is 0 Å². The molecule has 0 fully saturated rings. The zero-order valence-electron chi connectivity index (χ0n) is 12.3. The molecule has 1 heterocycles. The van der Waals surface area contributed by atoms with Gasteiger partial charge in [-0.25, -0.2) is 4.90 Å². The van der Waals surface area contributed by atoms with Crippen molar-refractivity contribution in [2.24, 2.45) is 0 Å². The lowest BCUT2D eigenvalue weighted by molar-refractivity contribution is -0.120. The number of nitrogens with zero attached hydrogens (tertiary/aromatic N) is 1. The number of halogens is 1. The van der Waals surface area contributed by atoms with Gasteiger partial charge in [0, 0.05) is 6.54 Å². The summed E-state index contributed by atoms with van der Waals surface area (Å²) in [5.74, 6) is -0.567. The Morgan fingerprint density at radius 1 is 0.870 bits per heavy atom. The summed E-state index contributed by atoms with van der Waals surface area (Å²) >= 11 is 1.94. The van der Waals surface area contributed by atoms with Crippen LogP contribution in [-0.4, -0.2) is 18.4 Å². The molecule has 23 heavy (non-hydrogen) atoms. The SMILES string of the molecule is O=C1C(I)=C(NCCc2ccccc2)C(=O)N1c1ccccc1. The van der Waals surface area contributed by atoms with Crippen LogP contribution in [0.15, 0.2) is 69.9 Å². The number of rotatable bonds is 5. The number of hydrogen-bond acceptors (Lipinski definition) is 3. The highest BCUT2D eigenvalue weighted by Gasteiger charge is 2.37. The second kappa shape index (κ2) is 6.95. The second-order valence-corrected chi connectivity index (χ2v) is 6.21. The maximum absolute atomic E-state index is 12.5. The molecule has 0 saturated heterocycles. The number of benzene rings is 2. The van der Waals surface area contributed by atoms with E-state index in [2.05, 4.69) is 5.32 Å². The van der Waals surface area contributed by atoms with Crippen molar-refractivity contribution in [2.75, 3.05) is 11.4 Å². The summed E-state index contributed by atoms with van der Waals surface area (Å²) in [6, 6.07) is 19.0. The zero-order chi connectivity index (χ0) is 16.2. The normalized spacial score (nSPS) is 14.6. The number of imide groups is 1. The number of hydrogen-bond donors (Lipinski definition) is 1. The number of amides is 2. The summed E-state index contributed by atoms with van der Waals surface area (Å²) in [4.78, 5) is 26.1. The fourth-order valence-corrected chi connectivity index (χ4v) is 3.11. The van der Waals surface area contributed by atoms with Gasteiger partial charge in [0.15, 0.2) is 0 Å². The fourth-order valence-electron chi connectivity index (χ4n) is 2.44. The molecule has 2 amide bonds. The van der Waals surface area contributed by atoms with Crippen molar-refractivity contribution < 1.29 is 9.59 Å². The van der Waals surface area contributed by atoms with Crippen LogP contribution in [0, 0.1) is 0 Å². The molecule has 5 heteroatoms. The highest BCUT2D eigenvalue weighted by Crippen LogP contribution is 2.29. The first-order valence-electron chi connectivity index (χ1n) is 7.30. The van der Waals surface area contributed by atoms with Crippen LogP contribution in [0.3, 0.4) is 0 Å². The van der Waals surface area contributed by atoms with Crippen LogP contribution >= 0.6 is 22.6 Å². The molecule has 0 bridgehead atoms. The summed E-state index contributed by atoms with van der Waals surface area (Å²) in [6.07, 6.45) is 0.793. The van der Waals surface area contributed by atoms with Gasteiger partial charge in [0.1, 0.15) is 9.28 Å². The number of anilines is 1. The van der Waals surface area contributed by atoms with Crippen molar-refractivity contribution in [3.8, 4) is 0 Å². The minimum absolute atomic E-state index is 0.274. The smallest absolute Gasteiger partial charge is 0.282 e. The molecule has 1 N–H and O–H groups in total. The molecule has 1 aliphatic rings. The average molecular weight is 418 g/mol. The third-order valence-electron chi connectivity index (χ3n) is 3.60. The predicted molar refractivity (Wildman–Crippen MR) is 98.1 cm³/mol. The number of para-hydroxylation sites is 1. The fraction of sp³-hybridized carbons (Fsp3) is 0.111. The van der Waals surface area contributed by atoms with E-state index in [1.54, 1.807) is 12.1 Å². The Morgan fingerprint density at radius 3 is 2.13 bits per heavy atom. The minimum atomic E-state index is -0.293. The van der Waals surface area contributed by atoms with E-state index in [9.17, 15) is 9.59 Å². The molecule has 2 aromatic carbocycles. The summed E-state index contributed by atoms with van der Waals surface area (Å²) < 4.78 is 0.435. The van der Waals surface area contributed by atoms with Gasteiger partial charge in [-0.15, -0.1) is 0 Å². The highest BCUT2D eigenvalue weighted by molar-refractivity contribution is 14.1. The molecule has 3 rings (SSSR count). The van der Waals surface area contributed by atoms with Gasteiger partial charge in [0.05, 0.1) is 5.69 Å². The van der Waals surface area contributed by atoms with Crippen LogP contribution < -0.4 is 10.2 Å². The number of carbonyl (C=O) groups is 2. The van der Waals surface area contributed by atoms with Crippen molar-refractivity contribution in [1.29, 1.82) is 0 Å². The summed E-state index contributed by atoms with van der Waals surface area (Å²) in [5.41, 5.74) is 2.17. The van der Waals surface area contributed by atoms with E-state index in [4.69, 9.17) is 0 Å². The Balaban J connectivity index is 1.70. The lowest BCUT2D eigenvalue weighted by Crippen LogP contribution is -2.33. The Labute approximate surface area is 148 Å². The maximum atomic E-state index is 12.5.